The van der Waals surface area contributed by atoms with E-state index in [-0.39, 0.29) is 0 Å². The highest BCUT2D eigenvalue weighted by molar-refractivity contribution is 5.49. The second-order valence-electron chi connectivity index (χ2n) is 5.28. The van der Waals surface area contributed by atoms with Gasteiger partial charge in [-0.15, -0.1) is 0 Å². The molecule has 2 aromatic rings. The van der Waals surface area contributed by atoms with E-state index in [9.17, 15) is 0 Å². The monoisotopic (exact) mass is 268 g/mol. The Labute approximate surface area is 119 Å². The molecule has 4 nitrogen and oxygen atoms in total. The number of rotatable bonds is 4. The summed E-state index contributed by atoms with van der Waals surface area (Å²) in [5.41, 5.74) is 3.26. The third kappa shape index (κ3) is 3.07. The van der Waals surface area contributed by atoms with Crippen molar-refractivity contribution in [3.63, 3.8) is 0 Å². The van der Waals surface area contributed by atoms with E-state index in [1.165, 1.54) is 18.4 Å². The van der Waals surface area contributed by atoms with Gasteiger partial charge in [0.1, 0.15) is 5.82 Å². The van der Waals surface area contributed by atoms with E-state index < -0.39 is 0 Å². The van der Waals surface area contributed by atoms with Crippen LogP contribution in [-0.4, -0.2) is 23.1 Å². The van der Waals surface area contributed by atoms with Crippen LogP contribution in [0.15, 0.2) is 36.7 Å². The van der Waals surface area contributed by atoms with Crippen molar-refractivity contribution >= 4 is 11.5 Å². The van der Waals surface area contributed by atoms with Crippen molar-refractivity contribution in [3.05, 3.63) is 47.9 Å². The molecule has 1 aliphatic heterocycles. The van der Waals surface area contributed by atoms with Gasteiger partial charge in [0, 0.05) is 19.3 Å². The van der Waals surface area contributed by atoms with Crippen molar-refractivity contribution in [2.24, 2.45) is 0 Å². The number of hydrogen-bond donors (Lipinski definition) is 1. The maximum atomic E-state index is 4.53. The Balaban J connectivity index is 1.59. The number of hydrogen-bond acceptors (Lipinski definition) is 4. The van der Waals surface area contributed by atoms with Gasteiger partial charge in [0.15, 0.2) is 0 Å². The fraction of sp³-hybridized carbons (Fsp3) is 0.375. The number of nitrogens with one attached hydrogen (secondary N) is 1. The van der Waals surface area contributed by atoms with Crippen molar-refractivity contribution in [2.45, 2.75) is 26.3 Å². The Morgan fingerprint density at radius 3 is 2.55 bits per heavy atom. The molecule has 20 heavy (non-hydrogen) atoms. The predicted molar refractivity (Wildman–Crippen MR) is 82.0 cm³/mol. The molecule has 0 aliphatic carbocycles. The van der Waals surface area contributed by atoms with Gasteiger partial charge in [-0.05, 0) is 43.5 Å². The van der Waals surface area contributed by atoms with Crippen molar-refractivity contribution in [1.82, 2.24) is 9.97 Å². The van der Waals surface area contributed by atoms with E-state index in [0.29, 0.717) is 0 Å². The summed E-state index contributed by atoms with van der Waals surface area (Å²) in [5, 5.41) is 3.35. The lowest BCUT2D eigenvalue weighted by Crippen LogP contribution is -2.18. The zero-order valence-corrected chi connectivity index (χ0v) is 11.8. The van der Waals surface area contributed by atoms with Crippen LogP contribution in [0.4, 0.5) is 11.5 Å². The summed E-state index contributed by atoms with van der Waals surface area (Å²) in [5.74, 6) is 1.08. The van der Waals surface area contributed by atoms with Gasteiger partial charge in [-0.2, -0.15) is 0 Å². The summed E-state index contributed by atoms with van der Waals surface area (Å²) >= 11 is 0. The van der Waals surface area contributed by atoms with Crippen molar-refractivity contribution < 1.29 is 0 Å². The van der Waals surface area contributed by atoms with Gasteiger partial charge >= 0.3 is 0 Å². The lowest BCUT2D eigenvalue weighted by Gasteiger charge is -2.16. The quantitative estimate of drug-likeness (QED) is 0.925. The molecule has 0 unspecified atom stereocenters. The minimum absolute atomic E-state index is 0.727. The minimum Gasteiger partial charge on any atom is -0.378 e. The molecule has 4 heteroatoms. The van der Waals surface area contributed by atoms with Gasteiger partial charge in [0.25, 0.3) is 0 Å². The molecule has 3 heterocycles. The Bertz CT molecular complexity index is 542. The number of pyridine rings is 2. The summed E-state index contributed by atoms with van der Waals surface area (Å²) in [4.78, 5) is 11.3. The molecule has 0 saturated carbocycles. The molecular formula is C16H20N4. The molecule has 1 fully saturated rings. The summed E-state index contributed by atoms with van der Waals surface area (Å²) in [6.45, 7) is 5.04. The summed E-state index contributed by atoms with van der Waals surface area (Å²) < 4.78 is 0. The fourth-order valence-electron chi connectivity index (χ4n) is 2.42. The van der Waals surface area contributed by atoms with Crippen molar-refractivity contribution in [2.75, 3.05) is 23.3 Å². The van der Waals surface area contributed by atoms with Gasteiger partial charge in [-0.3, -0.25) is 4.98 Å². The predicted octanol–water partition coefficient (Wildman–Crippen LogP) is 3.00. The van der Waals surface area contributed by atoms with Gasteiger partial charge in [-0.1, -0.05) is 6.07 Å². The normalized spacial score (nSPS) is 14.6. The van der Waals surface area contributed by atoms with Crippen LogP contribution in [0.5, 0.6) is 0 Å². The molecule has 0 spiro atoms. The van der Waals surface area contributed by atoms with Crippen LogP contribution in [0.3, 0.4) is 0 Å². The molecule has 104 valence electrons. The Hall–Kier alpha value is -2.10. The maximum absolute atomic E-state index is 4.53. The van der Waals surface area contributed by atoms with E-state index >= 15 is 0 Å². The lowest BCUT2D eigenvalue weighted by atomic mass is 10.2. The molecule has 0 amide bonds. The number of nitrogens with zero attached hydrogens (tertiary/aromatic N) is 3. The highest BCUT2D eigenvalue weighted by Crippen LogP contribution is 2.19. The van der Waals surface area contributed by atoms with E-state index in [4.69, 9.17) is 0 Å². The van der Waals surface area contributed by atoms with E-state index in [1.807, 2.05) is 25.4 Å². The largest absolute Gasteiger partial charge is 0.378 e. The third-order valence-electron chi connectivity index (χ3n) is 3.62. The molecular weight excluding hydrogens is 248 g/mol. The number of aryl methyl sites for hydroxylation is 1. The van der Waals surface area contributed by atoms with Crippen LogP contribution >= 0.6 is 0 Å². The molecule has 1 N–H and O–H groups in total. The van der Waals surface area contributed by atoms with Gasteiger partial charge < -0.3 is 10.2 Å². The van der Waals surface area contributed by atoms with Crippen LogP contribution in [0, 0.1) is 6.92 Å². The minimum atomic E-state index is 0.727. The number of anilines is 2. The summed E-state index contributed by atoms with van der Waals surface area (Å²) in [6, 6.07) is 8.32. The second-order valence-corrected chi connectivity index (χ2v) is 5.28. The summed E-state index contributed by atoms with van der Waals surface area (Å²) in [7, 11) is 0. The molecule has 0 bridgehead atoms. The van der Waals surface area contributed by atoms with E-state index in [2.05, 4.69) is 38.4 Å². The van der Waals surface area contributed by atoms with Crippen LogP contribution in [-0.2, 0) is 6.54 Å². The molecule has 2 aromatic heterocycles. The SMILES string of the molecule is Cc1ccc(CNc2ccc(N3CCCC3)nc2)nc1. The zero-order valence-electron chi connectivity index (χ0n) is 11.8. The van der Waals surface area contributed by atoms with Crippen LogP contribution < -0.4 is 10.2 Å². The smallest absolute Gasteiger partial charge is 0.128 e. The standard InChI is InChI=1S/C16H20N4/c1-13-4-5-14(17-10-13)11-18-15-6-7-16(19-12-15)20-8-2-3-9-20/h4-7,10,12,18H,2-3,8-9,11H2,1H3. The highest BCUT2D eigenvalue weighted by atomic mass is 15.2. The van der Waals surface area contributed by atoms with Crippen LogP contribution in [0.2, 0.25) is 0 Å². The van der Waals surface area contributed by atoms with Gasteiger partial charge in [0.05, 0.1) is 24.1 Å². The molecule has 1 aliphatic rings. The molecule has 0 radical (unpaired) electrons. The van der Waals surface area contributed by atoms with Crippen LogP contribution in [0.25, 0.3) is 0 Å². The topological polar surface area (TPSA) is 41.0 Å². The zero-order chi connectivity index (χ0) is 13.8. The first kappa shape index (κ1) is 12.9. The summed E-state index contributed by atoms with van der Waals surface area (Å²) in [6.07, 6.45) is 6.36. The average molecular weight is 268 g/mol. The average Bonchev–Trinajstić information content (AvgIpc) is 3.01. The molecule has 3 rings (SSSR count). The highest BCUT2D eigenvalue weighted by Gasteiger charge is 2.12. The fourth-order valence-corrected chi connectivity index (χ4v) is 2.42. The van der Waals surface area contributed by atoms with Crippen molar-refractivity contribution in [1.29, 1.82) is 0 Å². The van der Waals surface area contributed by atoms with Crippen molar-refractivity contribution in [3.8, 4) is 0 Å². The first-order chi connectivity index (χ1) is 9.81. The Morgan fingerprint density at radius 1 is 1.05 bits per heavy atom. The van der Waals surface area contributed by atoms with Gasteiger partial charge in [-0.25, -0.2) is 4.98 Å². The molecule has 1 saturated heterocycles. The molecule has 0 aromatic carbocycles. The molecule has 0 atom stereocenters. The van der Waals surface area contributed by atoms with E-state index in [1.54, 1.807) is 0 Å². The van der Waals surface area contributed by atoms with Gasteiger partial charge in [0.2, 0.25) is 0 Å². The lowest BCUT2D eigenvalue weighted by molar-refractivity contribution is 0.936. The first-order valence-electron chi connectivity index (χ1n) is 7.18. The second kappa shape index (κ2) is 5.90. The van der Waals surface area contributed by atoms with E-state index in [0.717, 1.165) is 36.8 Å². The first-order valence-corrected chi connectivity index (χ1v) is 7.18. The third-order valence-corrected chi connectivity index (χ3v) is 3.62. The maximum Gasteiger partial charge on any atom is 0.128 e. The van der Waals surface area contributed by atoms with Crippen LogP contribution in [0.1, 0.15) is 24.1 Å². The number of aromatic nitrogens is 2. The Kier molecular flexibility index (Phi) is 3.81. The Morgan fingerprint density at radius 2 is 1.90 bits per heavy atom.